The smallest absolute Gasteiger partial charge is 0.241 e. The lowest BCUT2D eigenvalue weighted by Crippen LogP contribution is -2.36. The fraction of sp³-hybridized carbons (Fsp3) is 0.571. The highest BCUT2D eigenvalue weighted by Crippen LogP contribution is 2.17. The van der Waals surface area contributed by atoms with Gasteiger partial charge >= 0.3 is 0 Å². The number of hydrogen-bond acceptors (Lipinski definition) is 4. The molecule has 1 fully saturated rings. The van der Waals surface area contributed by atoms with Crippen molar-refractivity contribution in [3.05, 3.63) is 29.8 Å². The van der Waals surface area contributed by atoms with Crippen LogP contribution in [0.3, 0.4) is 0 Å². The Morgan fingerprint density at radius 2 is 2.10 bits per heavy atom. The van der Waals surface area contributed by atoms with Crippen LogP contribution in [0.1, 0.15) is 25.8 Å². The Bertz CT molecular complexity index is 537. The number of ether oxygens (including phenoxy) is 1. The van der Waals surface area contributed by atoms with Crippen LogP contribution in [-0.2, 0) is 21.3 Å². The van der Waals surface area contributed by atoms with Crippen LogP contribution in [0.4, 0.5) is 0 Å². The molecule has 20 heavy (non-hydrogen) atoms. The normalized spacial score (nSPS) is 19.6. The van der Waals surface area contributed by atoms with Crippen LogP contribution in [0.25, 0.3) is 0 Å². The van der Waals surface area contributed by atoms with Crippen molar-refractivity contribution in [2.45, 2.75) is 43.8 Å². The average Bonchev–Trinajstić information content (AvgIpc) is 2.88. The van der Waals surface area contributed by atoms with E-state index < -0.39 is 10.0 Å². The second-order valence-electron chi connectivity index (χ2n) is 5.33. The van der Waals surface area contributed by atoms with Crippen molar-refractivity contribution in [1.82, 2.24) is 10.0 Å². The van der Waals surface area contributed by atoms with Crippen molar-refractivity contribution in [3.63, 3.8) is 0 Å². The third kappa shape index (κ3) is 4.02. The van der Waals surface area contributed by atoms with Crippen molar-refractivity contribution in [2.75, 3.05) is 13.2 Å². The van der Waals surface area contributed by atoms with Crippen molar-refractivity contribution in [2.24, 2.45) is 0 Å². The summed E-state index contributed by atoms with van der Waals surface area (Å²) in [4.78, 5) is 0.347. The SMILES string of the molecule is CC(C)NCc1ccccc1S(=O)(=O)NC1CCOC1. The molecular weight excluding hydrogens is 276 g/mol. The monoisotopic (exact) mass is 298 g/mol. The summed E-state index contributed by atoms with van der Waals surface area (Å²) in [5.41, 5.74) is 0.785. The molecule has 0 spiro atoms. The largest absolute Gasteiger partial charge is 0.380 e. The first kappa shape index (κ1) is 15.4. The molecule has 0 saturated carbocycles. The van der Waals surface area contributed by atoms with Gasteiger partial charge in [-0.05, 0) is 18.1 Å². The van der Waals surface area contributed by atoms with E-state index in [1.165, 1.54) is 0 Å². The quantitative estimate of drug-likeness (QED) is 0.829. The van der Waals surface area contributed by atoms with Crippen molar-refractivity contribution < 1.29 is 13.2 Å². The molecule has 0 amide bonds. The van der Waals surface area contributed by atoms with Gasteiger partial charge in [-0.3, -0.25) is 0 Å². The lowest BCUT2D eigenvalue weighted by molar-refractivity contribution is 0.192. The van der Waals surface area contributed by atoms with E-state index in [1.54, 1.807) is 12.1 Å². The Labute approximate surface area is 120 Å². The molecule has 2 rings (SSSR count). The Morgan fingerprint density at radius 3 is 2.75 bits per heavy atom. The molecule has 1 atom stereocenters. The molecule has 1 aliphatic heterocycles. The summed E-state index contributed by atoms with van der Waals surface area (Å²) in [5.74, 6) is 0. The van der Waals surface area contributed by atoms with Crippen LogP contribution < -0.4 is 10.0 Å². The molecule has 1 unspecified atom stereocenters. The summed E-state index contributed by atoms with van der Waals surface area (Å²) in [6, 6.07) is 7.28. The molecule has 1 aromatic carbocycles. The molecule has 0 aliphatic carbocycles. The predicted molar refractivity (Wildman–Crippen MR) is 78.0 cm³/mol. The zero-order valence-corrected chi connectivity index (χ0v) is 12.7. The molecule has 0 aromatic heterocycles. The fourth-order valence-corrected chi connectivity index (χ4v) is 3.63. The van der Waals surface area contributed by atoms with Crippen LogP contribution in [-0.4, -0.2) is 33.7 Å². The summed E-state index contributed by atoms with van der Waals surface area (Å²) in [6.07, 6.45) is 0.728. The first-order valence-electron chi connectivity index (χ1n) is 6.90. The van der Waals surface area contributed by atoms with Gasteiger partial charge in [0, 0.05) is 25.2 Å². The molecule has 0 radical (unpaired) electrons. The highest BCUT2D eigenvalue weighted by Gasteiger charge is 2.25. The van der Waals surface area contributed by atoms with Crippen LogP contribution in [0, 0.1) is 0 Å². The van der Waals surface area contributed by atoms with Crippen molar-refractivity contribution >= 4 is 10.0 Å². The van der Waals surface area contributed by atoms with Gasteiger partial charge in [0.25, 0.3) is 0 Å². The van der Waals surface area contributed by atoms with Gasteiger partial charge in [0.15, 0.2) is 0 Å². The molecule has 0 bridgehead atoms. The van der Waals surface area contributed by atoms with Gasteiger partial charge in [0.05, 0.1) is 11.5 Å². The minimum Gasteiger partial charge on any atom is -0.380 e. The highest BCUT2D eigenvalue weighted by atomic mass is 32.2. The summed E-state index contributed by atoms with van der Waals surface area (Å²) in [7, 11) is -3.49. The molecule has 112 valence electrons. The maximum absolute atomic E-state index is 12.5. The molecule has 1 aliphatic rings. The second kappa shape index (κ2) is 6.67. The van der Waals surface area contributed by atoms with Crippen molar-refractivity contribution in [3.8, 4) is 0 Å². The van der Waals surface area contributed by atoms with Crippen LogP contribution >= 0.6 is 0 Å². The van der Waals surface area contributed by atoms with Gasteiger partial charge in [-0.2, -0.15) is 0 Å². The first-order chi connectivity index (χ1) is 9.49. The van der Waals surface area contributed by atoms with Gasteiger partial charge < -0.3 is 10.1 Å². The van der Waals surface area contributed by atoms with Gasteiger partial charge in [0.2, 0.25) is 10.0 Å². The first-order valence-corrected chi connectivity index (χ1v) is 8.39. The number of hydrogen-bond donors (Lipinski definition) is 2. The van der Waals surface area contributed by atoms with Gasteiger partial charge in [0.1, 0.15) is 0 Å². The van der Waals surface area contributed by atoms with E-state index in [9.17, 15) is 8.42 Å². The third-order valence-corrected chi connectivity index (χ3v) is 4.84. The zero-order valence-electron chi connectivity index (χ0n) is 11.9. The van der Waals surface area contributed by atoms with Gasteiger partial charge in [-0.1, -0.05) is 32.0 Å². The Morgan fingerprint density at radius 1 is 1.35 bits per heavy atom. The molecule has 5 nitrogen and oxygen atoms in total. The minimum atomic E-state index is -3.49. The predicted octanol–water partition coefficient (Wildman–Crippen LogP) is 1.25. The standard InChI is InChI=1S/C14H22N2O3S/c1-11(2)15-9-12-5-3-4-6-14(12)20(17,18)16-13-7-8-19-10-13/h3-6,11,13,15-16H,7-10H2,1-2H3. The molecule has 1 saturated heterocycles. The van der Waals surface area contributed by atoms with E-state index in [0.717, 1.165) is 12.0 Å². The topological polar surface area (TPSA) is 67.4 Å². The maximum Gasteiger partial charge on any atom is 0.241 e. The lowest BCUT2D eigenvalue weighted by atomic mass is 10.2. The molecule has 6 heteroatoms. The Hall–Kier alpha value is -0.950. The number of sulfonamides is 1. The summed E-state index contributed by atoms with van der Waals surface area (Å²) in [5, 5.41) is 3.25. The number of nitrogens with one attached hydrogen (secondary N) is 2. The van der Waals surface area contributed by atoms with E-state index >= 15 is 0 Å². The third-order valence-electron chi connectivity index (χ3n) is 3.21. The average molecular weight is 298 g/mol. The van der Waals surface area contributed by atoms with E-state index in [4.69, 9.17) is 4.74 Å². The minimum absolute atomic E-state index is 0.119. The Kier molecular flexibility index (Phi) is 5.15. The fourth-order valence-electron chi connectivity index (χ4n) is 2.14. The van der Waals surface area contributed by atoms with Crippen LogP contribution in [0.5, 0.6) is 0 Å². The van der Waals surface area contributed by atoms with E-state index in [-0.39, 0.29) is 6.04 Å². The number of rotatable bonds is 6. The van der Waals surface area contributed by atoms with E-state index in [2.05, 4.69) is 10.0 Å². The van der Waals surface area contributed by atoms with Crippen LogP contribution in [0.2, 0.25) is 0 Å². The highest BCUT2D eigenvalue weighted by molar-refractivity contribution is 7.89. The van der Waals surface area contributed by atoms with E-state index in [1.807, 2.05) is 26.0 Å². The maximum atomic E-state index is 12.5. The summed E-state index contributed by atoms with van der Waals surface area (Å²) < 4.78 is 32.8. The zero-order chi connectivity index (χ0) is 14.6. The molecule has 1 aromatic rings. The van der Waals surface area contributed by atoms with Gasteiger partial charge in [-0.15, -0.1) is 0 Å². The van der Waals surface area contributed by atoms with Crippen molar-refractivity contribution in [1.29, 1.82) is 0 Å². The van der Waals surface area contributed by atoms with E-state index in [0.29, 0.717) is 30.7 Å². The molecule has 1 heterocycles. The summed E-state index contributed by atoms with van der Waals surface area (Å²) >= 11 is 0. The molecular formula is C14H22N2O3S. The lowest BCUT2D eigenvalue weighted by Gasteiger charge is -2.15. The summed E-state index contributed by atoms with van der Waals surface area (Å²) in [6.45, 7) is 5.67. The Balaban J connectivity index is 2.17. The molecule has 2 N–H and O–H groups in total. The van der Waals surface area contributed by atoms with Crippen LogP contribution in [0.15, 0.2) is 29.2 Å². The number of benzene rings is 1. The second-order valence-corrected chi connectivity index (χ2v) is 7.01. The van der Waals surface area contributed by atoms with Gasteiger partial charge in [-0.25, -0.2) is 13.1 Å².